The second-order valence-electron chi connectivity index (χ2n) is 9.24. The zero-order valence-electron chi connectivity index (χ0n) is 21.0. The minimum absolute atomic E-state index is 0.0412. The summed E-state index contributed by atoms with van der Waals surface area (Å²) in [5.74, 6) is -0.107. The van der Waals surface area contributed by atoms with Gasteiger partial charge < -0.3 is 0 Å². The van der Waals surface area contributed by atoms with E-state index in [9.17, 15) is 13.2 Å². The van der Waals surface area contributed by atoms with E-state index in [0.717, 1.165) is 36.8 Å². The van der Waals surface area contributed by atoms with Crippen molar-refractivity contribution in [2.45, 2.75) is 44.4 Å². The van der Waals surface area contributed by atoms with Crippen molar-refractivity contribution in [2.75, 3.05) is 13.1 Å². The maximum absolute atomic E-state index is 13.5. The van der Waals surface area contributed by atoms with Crippen molar-refractivity contribution in [2.24, 2.45) is 0 Å². The molecule has 1 fully saturated rings. The summed E-state index contributed by atoms with van der Waals surface area (Å²) >= 11 is 0. The first-order valence-electron chi connectivity index (χ1n) is 12.6. The summed E-state index contributed by atoms with van der Waals surface area (Å²) in [6.45, 7) is 4.37. The number of piperidine rings is 1. The van der Waals surface area contributed by atoms with Crippen LogP contribution in [-0.4, -0.2) is 31.6 Å². The molecule has 0 amide bonds. The normalized spacial score (nSPS) is 17.1. The molecular formula is C31H33NO3S. The molecule has 0 radical (unpaired) electrons. The molecule has 4 rings (SSSR count). The molecule has 3 aromatic carbocycles. The minimum atomic E-state index is -3.76. The van der Waals surface area contributed by atoms with E-state index in [1.54, 1.807) is 30.3 Å². The number of carbonyl (C=O) groups excluding carboxylic acids is 1. The van der Waals surface area contributed by atoms with E-state index in [0.29, 0.717) is 11.1 Å². The van der Waals surface area contributed by atoms with E-state index in [1.165, 1.54) is 15.4 Å². The lowest BCUT2D eigenvalue weighted by molar-refractivity contribution is -0.113. The van der Waals surface area contributed by atoms with Crippen molar-refractivity contribution < 1.29 is 13.2 Å². The van der Waals surface area contributed by atoms with Gasteiger partial charge in [0.25, 0.3) is 0 Å². The smallest absolute Gasteiger partial charge is 0.243 e. The number of sulfonamides is 1. The average molecular weight is 500 g/mol. The average Bonchev–Trinajstić information content (AvgIpc) is 2.89. The maximum Gasteiger partial charge on any atom is 0.243 e. The van der Waals surface area contributed by atoms with Gasteiger partial charge in [-0.3, -0.25) is 4.79 Å². The summed E-state index contributed by atoms with van der Waals surface area (Å²) in [7, 11) is -3.76. The van der Waals surface area contributed by atoms with E-state index in [-0.39, 0.29) is 23.8 Å². The van der Waals surface area contributed by atoms with Gasteiger partial charge in [-0.25, -0.2) is 8.42 Å². The van der Waals surface area contributed by atoms with Crippen LogP contribution in [0.15, 0.2) is 94.9 Å². The quantitative estimate of drug-likeness (QED) is 0.340. The van der Waals surface area contributed by atoms with Crippen molar-refractivity contribution in [3.05, 3.63) is 112 Å². The third kappa shape index (κ3) is 6.10. The summed E-state index contributed by atoms with van der Waals surface area (Å²) in [6, 6.07) is 24.6. The molecule has 0 unspecified atom stereocenters. The van der Waals surface area contributed by atoms with Gasteiger partial charge in [0.05, 0.1) is 4.90 Å². The highest BCUT2D eigenvalue weighted by Crippen LogP contribution is 2.27. The maximum atomic E-state index is 13.5. The number of hydrogen-bond donors (Lipinski definition) is 0. The number of rotatable bonds is 8. The van der Waals surface area contributed by atoms with Crippen LogP contribution in [0.1, 0.15) is 48.9 Å². The number of benzene rings is 3. The van der Waals surface area contributed by atoms with Gasteiger partial charge in [0, 0.05) is 24.2 Å². The van der Waals surface area contributed by atoms with Crippen LogP contribution in [0, 0.1) is 0 Å². The minimum Gasteiger partial charge on any atom is -0.289 e. The highest BCUT2D eigenvalue weighted by molar-refractivity contribution is 7.89. The van der Waals surface area contributed by atoms with Gasteiger partial charge in [0.1, 0.15) is 0 Å². The van der Waals surface area contributed by atoms with Crippen molar-refractivity contribution in [3.63, 3.8) is 0 Å². The third-order valence-electron chi connectivity index (χ3n) is 6.38. The van der Waals surface area contributed by atoms with Crippen LogP contribution < -0.4 is 0 Å². The Kier molecular flexibility index (Phi) is 8.34. The van der Waals surface area contributed by atoms with Gasteiger partial charge in [-0.1, -0.05) is 93.4 Å². The molecule has 5 heteroatoms. The Bertz CT molecular complexity index is 1280. The van der Waals surface area contributed by atoms with Crippen LogP contribution in [-0.2, 0) is 27.7 Å². The fraction of sp³-hybridized carbons (Fsp3) is 0.258. The topological polar surface area (TPSA) is 54.5 Å². The van der Waals surface area contributed by atoms with E-state index in [4.69, 9.17) is 0 Å². The van der Waals surface area contributed by atoms with Crippen LogP contribution in [0.2, 0.25) is 0 Å². The van der Waals surface area contributed by atoms with Crippen LogP contribution in [0.4, 0.5) is 0 Å². The van der Waals surface area contributed by atoms with Crippen molar-refractivity contribution in [1.82, 2.24) is 4.31 Å². The standard InChI is InChI=1S/C31H33NO3S/c1-3-8-24-12-16-26(17-13-24)20-28-22-32(36(34,35)30-10-6-5-7-11-30)23-29(31(28)33)21-27-18-14-25(9-4-2)15-19-27/h5-7,10-21H,3-4,8-9,22-23H2,1-2H3. The van der Waals surface area contributed by atoms with Gasteiger partial charge in [0.2, 0.25) is 10.0 Å². The summed E-state index contributed by atoms with van der Waals surface area (Å²) in [4.78, 5) is 13.8. The summed E-state index contributed by atoms with van der Waals surface area (Å²) in [5, 5.41) is 0. The zero-order chi connectivity index (χ0) is 25.5. The Labute approximate surface area is 215 Å². The van der Waals surface area contributed by atoms with E-state index in [2.05, 4.69) is 38.1 Å². The van der Waals surface area contributed by atoms with Gasteiger partial charge in [0.15, 0.2) is 5.78 Å². The monoisotopic (exact) mass is 499 g/mol. The lowest BCUT2D eigenvalue weighted by Gasteiger charge is -2.29. The van der Waals surface area contributed by atoms with Crippen LogP contribution in [0.3, 0.4) is 0 Å². The molecule has 0 aliphatic carbocycles. The summed E-state index contributed by atoms with van der Waals surface area (Å²) in [5.41, 5.74) is 5.21. The summed E-state index contributed by atoms with van der Waals surface area (Å²) < 4.78 is 28.4. The van der Waals surface area contributed by atoms with Gasteiger partial charge in [-0.05, 0) is 59.4 Å². The largest absolute Gasteiger partial charge is 0.289 e. The predicted octanol–water partition coefficient (Wildman–Crippen LogP) is 6.33. The lowest BCUT2D eigenvalue weighted by Crippen LogP contribution is -2.41. The molecule has 1 aliphatic heterocycles. The third-order valence-corrected chi connectivity index (χ3v) is 8.18. The molecule has 1 heterocycles. The molecule has 0 saturated carbocycles. The van der Waals surface area contributed by atoms with Gasteiger partial charge >= 0.3 is 0 Å². The number of Topliss-reactive ketones (excluding diaryl/α,β-unsaturated/α-hetero) is 1. The van der Waals surface area contributed by atoms with E-state index in [1.807, 2.05) is 36.4 Å². The molecule has 3 aromatic rings. The fourth-order valence-corrected chi connectivity index (χ4v) is 5.88. The zero-order valence-corrected chi connectivity index (χ0v) is 21.8. The Morgan fingerprint density at radius 3 is 1.56 bits per heavy atom. The van der Waals surface area contributed by atoms with Crippen molar-refractivity contribution >= 4 is 28.0 Å². The lowest BCUT2D eigenvalue weighted by atomic mass is 9.95. The second-order valence-corrected chi connectivity index (χ2v) is 11.2. The van der Waals surface area contributed by atoms with Crippen molar-refractivity contribution in [1.29, 1.82) is 0 Å². The molecule has 1 aliphatic rings. The molecule has 36 heavy (non-hydrogen) atoms. The second kappa shape index (κ2) is 11.6. The van der Waals surface area contributed by atoms with Crippen LogP contribution in [0.25, 0.3) is 12.2 Å². The number of carbonyl (C=O) groups is 1. The highest BCUT2D eigenvalue weighted by Gasteiger charge is 2.34. The van der Waals surface area contributed by atoms with Crippen LogP contribution in [0.5, 0.6) is 0 Å². The number of aryl methyl sites for hydroxylation is 2. The van der Waals surface area contributed by atoms with E-state index >= 15 is 0 Å². The Morgan fingerprint density at radius 1 is 0.694 bits per heavy atom. The Balaban J connectivity index is 1.72. The molecule has 0 aromatic heterocycles. The Morgan fingerprint density at radius 2 is 1.14 bits per heavy atom. The number of ketones is 1. The predicted molar refractivity (Wildman–Crippen MR) is 147 cm³/mol. The molecule has 4 nitrogen and oxygen atoms in total. The molecule has 0 spiro atoms. The molecule has 0 N–H and O–H groups in total. The molecular weight excluding hydrogens is 466 g/mol. The summed E-state index contributed by atoms with van der Waals surface area (Å²) in [6.07, 6.45) is 7.79. The Hall–Kier alpha value is -3.28. The molecule has 0 atom stereocenters. The highest BCUT2D eigenvalue weighted by atomic mass is 32.2. The van der Waals surface area contributed by atoms with E-state index < -0.39 is 10.0 Å². The number of hydrogen-bond acceptors (Lipinski definition) is 3. The molecule has 0 bridgehead atoms. The van der Waals surface area contributed by atoms with Gasteiger partial charge in [-0.2, -0.15) is 4.31 Å². The first-order valence-corrected chi connectivity index (χ1v) is 14.0. The van der Waals surface area contributed by atoms with Crippen LogP contribution >= 0.6 is 0 Å². The molecule has 1 saturated heterocycles. The first-order chi connectivity index (χ1) is 17.4. The SMILES string of the molecule is CCCc1ccc(C=C2CN(S(=O)(=O)c3ccccc3)CC(=Cc3ccc(CCC)cc3)C2=O)cc1. The van der Waals surface area contributed by atoms with Crippen molar-refractivity contribution in [3.8, 4) is 0 Å². The fourth-order valence-electron chi connectivity index (χ4n) is 4.46. The van der Waals surface area contributed by atoms with Gasteiger partial charge in [-0.15, -0.1) is 0 Å². The molecule has 186 valence electrons. The number of nitrogens with zero attached hydrogens (tertiary/aromatic N) is 1. The first kappa shape index (κ1) is 25.8.